The number of aromatic hydroxyl groups is 1. The second kappa shape index (κ2) is 8.16. The molecule has 6 rings (SSSR count). The number of piperidine rings is 1. The molecular weight excluding hydrogens is 471 g/mol. The molecule has 9 heteroatoms. The molecule has 3 fully saturated rings. The molecule has 1 saturated heterocycles. The molecule has 2 bridgehead atoms. The van der Waals surface area contributed by atoms with Gasteiger partial charge in [0.2, 0.25) is 0 Å². The van der Waals surface area contributed by atoms with Crippen LogP contribution < -0.4 is 4.74 Å². The molecule has 2 heterocycles. The third-order valence-electron chi connectivity index (χ3n) is 9.72. The third-order valence-corrected chi connectivity index (χ3v) is 10.4. The molecule has 0 amide bonds. The van der Waals surface area contributed by atoms with Gasteiger partial charge in [0, 0.05) is 36.8 Å². The van der Waals surface area contributed by atoms with Crippen molar-refractivity contribution in [3.8, 4) is 11.5 Å². The van der Waals surface area contributed by atoms with Gasteiger partial charge in [-0.25, -0.2) is 0 Å². The lowest BCUT2D eigenvalue weighted by Gasteiger charge is -2.65. The lowest BCUT2D eigenvalue weighted by molar-refractivity contribution is -0.200. The predicted molar refractivity (Wildman–Crippen MR) is 130 cm³/mol. The number of nitrogens with zero attached hydrogens (tertiary/aromatic N) is 2. The molecule has 3 aliphatic carbocycles. The Morgan fingerprint density at radius 1 is 1.26 bits per heavy atom. The number of halogens is 1. The highest BCUT2D eigenvalue weighted by molar-refractivity contribution is 7.86. The fourth-order valence-electron chi connectivity index (χ4n) is 8.40. The van der Waals surface area contributed by atoms with Crippen LogP contribution in [-0.4, -0.2) is 83.6 Å². The molecular formula is C26H35FN2O5S. The Morgan fingerprint density at radius 2 is 2.03 bits per heavy atom. The first-order valence-corrected chi connectivity index (χ1v) is 14.5. The van der Waals surface area contributed by atoms with Crippen LogP contribution in [0.2, 0.25) is 0 Å². The highest BCUT2D eigenvalue weighted by Gasteiger charge is 2.73. The average Bonchev–Trinajstić information content (AvgIpc) is 3.44. The van der Waals surface area contributed by atoms with Crippen LogP contribution in [0.4, 0.5) is 3.89 Å². The number of hydrogen-bond acceptors (Lipinski definition) is 7. The van der Waals surface area contributed by atoms with E-state index in [9.17, 15) is 22.5 Å². The van der Waals surface area contributed by atoms with Crippen LogP contribution in [0.25, 0.3) is 0 Å². The van der Waals surface area contributed by atoms with Crippen LogP contribution in [-0.2, 0) is 22.1 Å². The van der Waals surface area contributed by atoms with Gasteiger partial charge in [-0.3, -0.25) is 9.80 Å². The summed E-state index contributed by atoms with van der Waals surface area (Å²) in [6.45, 7) is 5.51. The number of hydrogen-bond donors (Lipinski definition) is 2. The summed E-state index contributed by atoms with van der Waals surface area (Å²) in [6.07, 6.45) is 8.04. The maximum absolute atomic E-state index is 13.7. The maximum Gasteiger partial charge on any atom is 0.303 e. The number of benzene rings is 1. The van der Waals surface area contributed by atoms with Crippen LogP contribution in [0, 0.1) is 0 Å². The molecule has 192 valence electrons. The van der Waals surface area contributed by atoms with Crippen molar-refractivity contribution >= 4 is 10.2 Å². The summed E-state index contributed by atoms with van der Waals surface area (Å²) in [4.78, 5) is 4.49. The van der Waals surface area contributed by atoms with Gasteiger partial charge in [0.05, 0.1) is 16.8 Å². The van der Waals surface area contributed by atoms with Gasteiger partial charge in [0.25, 0.3) is 0 Å². The van der Waals surface area contributed by atoms with E-state index >= 15 is 0 Å². The summed E-state index contributed by atoms with van der Waals surface area (Å²) in [7, 11) is -4.61. The monoisotopic (exact) mass is 506 g/mol. The topological polar surface area (TPSA) is 90.3 Å². The molecule has 5 aliphatic rings. The molecule has 7 nitrogen and oxygen atoms in total. The molecule has 2 N–H and O–H groups in total. The molecule has 2 saturated carbocycles. The van der Waals surface area contributed by atoms with E-state index in [0.29, 0.717) is 38.0 Å². The number of ether oxygens (including phenoxy) is 1. The highest BCUT2D eigenvalue weighted by atomic mass is 32.3. The van der Waals surface area contributed by atoms with E-state index in [1.165, 1.54) is 0 Å². The van der Waals surface area contributed by atoms with Crippen molar-refractivity contribution in [2.24, 2.45) is 0 Å². The number of phenolic OH excluding ortho intramolecular Hbond substituents is 1. The zero-order chi connectivity index (χ0) is 24.6. The number of likely N-dealkylation sites (tertiary alicyclic amines) is 1. The van der Waals surface area contributed by atoms with Crippen LogP contribution in [0.3, 0.4) is 0 Å². The molecule has 2 unspecified atom stereocenters. The number of rotatable bonds is 7. The quantitative estimate of drug-likeness (QED) is 0.434. The van der Waals surface area contributed by atoms with E-state index in [2.05, 4.69) is 16.4 Å². The van der Waals surface area contributed by atoms with E-state index in [1.54, 1.807) is 6.07 Å². The SMILES string of the molecule is C=CCN1CC[C@]23c4c5ccc(O)c4OC2[C@H](N(CCS(=O)(=O)F)C2CCCC2)CC[C@@]3(O)C1C5. The van der Waals surface area contributed by atoms with E-state index in [4.69, 9.17) is 4.74 Å². The van der Waals surface area contributed by atoms with Crippen LogP contribution in [0.5, 0.6) is 11.5 Å². The van der Waals surface area contributed by atoms with E-state index in [1.807, 2.05) is 12.1 Å². The molecule has 1 aromatic carbocycles. The van der Waals surface area contributed by atoms with Gasteiger partial charge in [-0.05, 0) is 56.7 Å². The molecule has 0 aromatic heterocycles. The molecule has 35 heavy (non-hydrogen) atoms. The zero-order valence-corrected chi connectivity index (χ0v) is 20.9. The van der Waals surface area contributed by atoms with E-state index < -0.39 is 33.1 Å². The minimum atomic E-state index is -4.61. The Bertz CT molecular complexity index is 1140. The minimum Gasteiger partial charge on any atom is -0.504 e. The van der Waals surface area contributed by atoms with Crippen molar-refractivity contribution in [2.45, 2.75) is 86.6 Å². The highest BCUT2D eigenvalue weighted by Crippen LogP contribution is 2.66. The molecule has 1 aromatic rings. The Hall–Kier alpha value is -1.68. The maximum atomic E-state index is 13.7. The van der Waals surface area contributed by atoms with Gasteiger partial charge in [0.1, 0.15) is 6.10 Å². The van der Waals surface area contributed by atoms with Crippen molar-refractivity contribution < 1.29 is 27.3 Å². The number of aliphatic hydroxyl groups is 1. The van der Waals surface area contributed by atoms with Gasteiger partial charge in [-0.15, -0.1) is 10.5 Å². The van der Waals surface area contributed by atoms with E-state index in [-0.39, 0.29) is 30.4 Å². The molecule has 0 radical (unpaired) electrons. The lowest BCUT2D eigenvalue weighted by atomic mass is 9.48. The summed E-state index contributed by atoms with van der Waals surface area (Å²) in [5.41, 5.74) is 0.317. The third kappa shape index (κ3) is 3.34. The van der Waals surface area contributed by atoms with Gasteiger partial charge in [0.15, 0.2) is 11.5 Å². The smallest absolute Gasteiger partial charge is 0.303 e. The summed E-state index contributed by atoms with van der Waals surface area (Å²) >= 11 is 0. The predicted octanol–water partition coefficient (Wildman–Crippen LogP) is 2.64. The Morgan fingerprint density at radius 3 is 2.74 bits per heavy atom. The lowest BCUT2D eigenvalue weighted by Crippen LogP contribution is -2.78. The average molecular weight is 507 g/mol. The van der Waals surface area contributed by atoms with Gasteiger partial charge < -0.3 is 14.9 Å². The summed E-state index contributed by atoms with van der Waals surface area (Å²) in [5, 5.41) is 23.3. The van der Waals surface area contributed by atoms with Crippen molar-refractivity contribution in [1.29, 1.82) is 0 Å². The fraction of sp³-hybridized carbons (Fsp3) is 0.692. The summed E-state index contributed by atoms with van der Waals surface area (Å²) < 4.78 is 43.3. The molecule has 2 aliphatic heterocycles. The van der Waals surface area contributed by atoms with Crippen molar-refractivity contribution in [3.63, 3.8) is 0 Å². The largest absolute Gasteiger partial charge is 0.504 e. The minimum absolute atomic E-state index is 0.0827. The Balaban J connectivity index is 1.46. The first-order chi connectivity index (χ1) is 16.7. The van der Waals surface area contributed by atoms with E-state index in [0.717, 1.165) is 43.4 Å². The van der Waals surface area contributed by atoms with Gasteiger partial charge in [-0.1, -0.05) is 25.0 Å². The summed E-state index contributed by atoms with van der Waals surface area (Å²) in [6, 6.07) is 3.56. The zero-order valence-electron chi connectivity index (χ0n) is 20.0. The summed E-state index contributed by atoms with van der Waals surface area (Å²) in [5.74, 6) is 0.0145. The normalized spacial score (nSPS) is 36.3. The van der Waals surface area contributed by atoms with Gasteiger partial charge in [-0.2, -0.15) is 8.42 Å². The second-order valence-electron chi connectivity index (χ2n) is 11.2. The van der Waals surface area contributed by atoms with Gasteiger partial charge >= 0.3 is 10.2 Å². The Labute approximate surface area is 206 Å². The molecule has 1 spiro atoms. The number of phenols is 1. The standard InChI is InChI=1S/C26H35FN2O5S/c1-2-12-28-13-11-25-22-17-7-8-20(30)23(22)34-24(25)19(9-10-26(25,31)21(28)16-17)29(14-15-35(27,32)33)18-5-3-4-6-18/h2,7-8,18-19,21,24,30-31H,1,3-6,9-16H2/t19-,21?,24?,25+,26-/m1/s1. The first kappa shape index (κ1) is 23.7. The van der Waals surface area contributed by atoms with Crippen LogP contribution in [0.1, 0.15) is 56.1 Å². The van der Waals surface area contributed by atoms with Crippen molar-refractivity contribution in [1.82, 2.24) is 9.80 Å². The molecule has 5 atom stereocenters. The van der Waals surface area contributed by atoms with Crippen LogP contribution in [0.15, 0.2) is 24.8 Å². The Kier molecular flexibility index (Phi) is 5.53. The first-order valence-electron chi connectivity index (χ1n) is 13.0. The fourth-order valence-corrected chi connectivity index (χ4v) is 8.83. The van der Waals surface area contributed by atoms with Crippen molar-refractivity contribution in [2.75, 3.05) is 25.4 Å². The van der Waals surface area contributed by atoms with Crippen molar-refractivity contribution in [3.05, 3.63) is 35.9 Å². The van der Waals surface area contributed by atoms with Crippen LogP contribution >= 0.6 is 0 Å². The second-order valence-corrected chi connectivity index (χ2v) is 12.6.